The summed E-state index contributed by atoms with van der Waals surface area (Å²) in [6.45, 7) is 6.75. The zero-order valence-electron chi connectivity index (χ0n) is 11.7. The van der Waals surface area contributed by atoms with Crippen molar-refractivity contribution in [3.63, 3.8) is 0 Å². The van der Waals surface area contributed by atoms with Crippen molar-refractivity contribution >= 4 is 27.3 Å². The number of hydrogen-bond acceptors (Lipinski definition) is 2. The van der Waals surface area contributed by atoms with Gasteiger partial charge in [-0.2, -0.15) is 0 Å². The van der Waals surface area contributed by atoms with Crippen LogP contribution >= 0.6 is 27.3 Å². The molecular formula is C16H19BrOS. The van der Waals surface area contributed by atoms with Crippen molar-refractivity contribution < 1.29 is 4.74 Å². The van der Waals surface area contributed by atoms with Gasteiger partial charge in [0.15, 0.2) is 0 Å². The molecule has 0 bridgehead atoms. The molecule has 3 heteroatoms. The van der Waals surface area contributed by atoms with Gasteiger partial charge in [-0.05, 0) is 35.2 Å². The van der Waals surface area contributed by atoms with Crippen molar-refractivity contribution in [1.29, 1.82) is 0 Å². The van der Waals surface area contributed by atoms with Gasteiger partial charge in [0, 0.05) is 9.75 Å². The first-order valence-corrected chi connectivity index (χ1v) is 8.03. The van der Waals surface area contributed by atoms with Gasteiger partial charge in [-0.1, -0.05) is 48.8 Å². The largest absolute Gasteiger partial charge is 0.497 e. The zero-order chi connectivity index (χ0) is 14.0. The Hall–Kier alpha value is -0.800. The number of benzene rings is 1. The maximum absolute atomic E-state index is 5.19. The van der Waals surface area contributed by atoms with E-state index in [1.807, 2.05) is 23.5 Å². The summed E-state index contributed by atoms with van der Waals surface area (Å²) in [5, 5.41) is 0. The Balaban J connectivity index is 2.23. The van der Waals surface area contributed by atoms with Crippen molar-refractivity contribution in [3.8, 4) is 5.75 Å². The molecule has 0 radical (unpaired) electrons. The summed E-state index contributed by atoms with van der Waals surface area (Å²) in [5.74, 6) is 0.894. The fourth-order valence-electron chi connectivity index (χ4n) is 1.83. The molecule has 1 aromatic heterocycles. The van der Waals surface area contributed by atoms with Gasteiger partial charge in [-0.15, -0.1) is 11.3 Å². The second kappa shape index (κ2) is 5.68. The Bertz CT molecular complexity index is 537. The van der Waals surface area contributed by atoms with E-state index in [-0.39, 0.29) is 10.2 Å². The van der Waals surface area contributed by atoms with Crippen LogP contribution < -0.4 is 4.74 Å². The highest BCUT2D eigenvalue weighted by Crippen LogP contribution is 2.39. The summed E-state index contributed by atoms with van der Waals surface area (Å²) >= 11 is 5.66. The minimum atomic E-state index is 0.218. The molecule has 2 aromatic rings. The molecule has 0 N–H and O–H groups in total. The van der Waals surface area contributed by atoms with Gasteiger partial charge in [0.05, 0.1) is 11.9 Å². The third-order valence-electron chi connectivity index (χ3n) is 3.02. The van der Waals surface area contributed by atoms with E-state index in [4.69, 9.17) is 4.74 Å². The van der Waals surface area contributed by atoms with E-state index in [2.05, 4.69) is 61.0 Å². The quantitative estimate of drug-likeness (QED) is 0.667. The smallest absolute Gasteiger partial charge is 0.118 e. The summed E-state index contributed by atoms with van der Waals surface area (Å²) in [4.78, 5) is 3.01. The molecule has 1 unspecified atom stereocenters. The molecule has 0 saturated carbocycles. The van der Waals surface area contributed by atoms with Crippen molar-refractivity contribution in [1.82, 2.24) is 0 Å². The number of hydrogen-bond donors (Lipinski definition) is 0. The SMILES string of the molecule is COc1ccc(C(Br)c2ccc(C(C)(C)C)s2)cc1. The third kappa shape index (κ3) is 3.40. The fourth-order valence-corrected chi connectivity index (χ4v) is 3.64. The second-order valence-electron chi connectivity index (χ2n) is 5.59. The van der Waals surface area contributed by atoms with Crippen LogP contribution in [0.2, 0.25) is 0 Å². The van der Waals surface area contributed by atoms with E-state index in [0.717, 1.165) is 5.75 Å². The molecule has 0 saturated heterocycles. The monoisotopic (exact) mass is 338 g/mol. The maximum atomic E-state index is 5.19. The van der Waals surface area contributed by atoms with Crippen LogP contribution in [0, 0.1) is 0 Å². The van der Waals surface area contributed by atoms with Gasteiger partial charge in [0.25, 0.3) is 0 Å². The highest BCUT2D eigenvalue weighted by molar-refractivity contribution is 9.09. The minimum Gasteiger partial charge on any atom is -0.497 e. The molecule has 19 heavy (non-hydrogen) atoms. The third-order valence-corrected chi connectivity index (χ3v) is 5.93. The van der Waals surface area contributed by atoms with Crippen LogP contribution in [0.15, 0.2) is 36.4 Å². The van der Waals surface area contributed by atoms with Crippen LogP contribution in [0.4, 0.5) is 0 Å². The maximum Gasteiger partial charge on any atom is 0.118 e. The van der Waals surface area contributed by atoms with Crippen molar-refractivity contribution in [3.05, 3.63) is 51.7 Å². The number of methoxy groups -OCH3 is 1. The Labute approximate surface area is 127 Å². The van der Waals surface area contributed by atoms with Gasteiger partial charge in [0.1, 0.15) is 5.75 Å². The first-order chi connectivity index (χ1) is 8.91. The predicted molar refractivity (Wildman–Crippen MR) is 86.8 cm³/mol. The molecule has 0 aliphatic rings. The van der Waals surface area contributed by atoms with Crippen LogP contribution in [0.5, 0.6) is 5.75 Å². The molecule has 0 aliphatic carbocycles. The molecular weight excluding hydrogens is 320 g/mol. The normalized spacial score (nSPS) is 13.3. The molecule has 0 fully saturated rings. The number of alkyl halides is 1. The summed E-state index contributed by atoms with van der Waals surface area (Å²) in [7, 11) is 1.69. The van der Waals surface area contributed by atoms with Crippen LogP contribution in [0.3, 0.4) is 0 Å². The summed E-state index contributed by atoms with van der Waals surface area (Å²) in [6, 6.07) is 12.7. The minimum absolute atomic E-state index is 0.218. The number of halogens is 1. The molecule has 1 heterocycles. The molecule has 0 spiro atoms. The Morgan fingerprint density at radius 3 is 2.16 bits per heavy atom. The second-order valence-corrected chi connectivity index (χ2v) is 7.62. The molecule has 1 nitrogen and oxygen atoms in total. The topological polar surface area (TPSA) is 9.23 Å². The van der Waals surface area contributed by atoms with Gasteiger partial charge in [0.2, 0.25) is 0 Å². The van der Waals surface area contributed by atoms with Crippen LogP contribution in [-0.4, -0.2) is 7.11 Å². The van der Waals surface area contributed by atoms with Crippen LogP contribution in [0.25, 0.3) is 0 Å². The fraction of sp³-hybridized carbons (Fsp3) is 0.375. The first-order valence-electron chi connectivity index (χ1n) is 6.30. The van der Waals surface area contributed by atoms with E-state index in [9.17, 15) is 0 Å². The molecule has 1 aromatic carbocycles. The molecule has 102 valence electrons. The zero-order valence-corrected chi connectivity index (χ0v) is 14.1. The van der Waals surface area contributed by atoms with Crippen LogP contribution in [0.1, 0.15) is 40.9 Å². The lowest BCUT2D eigenvalue weighted by molar-refractivity contribution is 0.414. The summed E-state index contributed by atoms with van der Waals surface area (Å²) in [5.41, 5.74) is 1.47. The van der Waals surface area contributed by atoms with Crippen molar-refractivity contribution in [2.75, 3.05) is 7.11 Å². The summed E-state index contributed by atoms with van der Waals surface area (Å²) < 4.78 is 5.19. The first kappa shape index (κ1) is 14.6. The van der Waals surface area contributed by atoms with Gasteiger partial charge >= 0.3 is 0 Å². The van der Waals surface area contributed by atoms with Crippen molar-refractivity contribution in [2.24, 2.45) is 0 Å². The average Bonchev–Trinajstić information content (AvgIpc) is 2.87. The van der Waals surface area contributed by atoms with Gasteiger partial charge in [-0.25, -0.2) is 0 Å². The standard InChI is InChI=1S/C16H19BrOS/c1-16(2,3)14-10-9-13(19-14)15(17)11-5-7-12(18-4)8-6-11/h5-10,15H,1-4H3. The highest BCUT2D eigenvalue weighted by atomic mass is 79.9. The Morgan fingerprint density at radius 1 is 1.05 bits per heavy atom. The average molecular weight is 339 g/mol. The van der Waals surface area contributed by atoms with Gasteiger partial charge in [-0.3, -0.25) is 0 Å². The Morgan fingerprint density at radius 2 is 1.68 bits per heavy atom. The van der Waals surface area contributed by atoms with E-state index in [0.29, 0.717) is 0 Å². The molecule has 0 amide bonds. The van der Waals surface area contributed by atoms with E-state index < -0.39 is 0 Å². The molecule has 0 aliphatic heterocycles. The van der Waals surface area contributed by atoms with E-state index in [1.165, 1.54) is 15.3 Å². The van der Waals surface area contributed by atoms with E-state index in [1.54, 1.807) is 7.11 Å². The van der Waals surface area contributed by atoms with Crippen LogP contribution in [-0.2, 0) is 5.41 Å². The molecule has 2 rings (SSSR count). The lowest BCUT2D eigenvalue weighted by Crippen LogP contribution is -2.07. The van der Waals surface area contributed by atoms with Crippen molar-refractivity contribution in [2.45, 2.75) is 31.0 Å². The van der Waals surface area contributed by atoms with Gasteiger partial charge < -0.3 is 4.74 Å². The Kier molecular flexibility index (Phi) is 4.36. The van der Waals surface area contributed by atoms with E-state index >= 15 is 0 Å². The number of thiophene rings is 1. The summed E-state index contributed by atoms with van der Waals surface area (Å²) in [6.07, 6.45) is 0. The lowest BCUT2D eigenvalue weighted by atomic mass is 9.95. The number of rotatable bonds is 3. The highest BCUT2D eigenvalue weighted by Gasteiger charge is 2.19. The predicted octanol–water partition coefficient (Wildman–Crippen LogP) is 5.54. The lowest BCUT2D eigenvalue weighted by Gasteiger charge is -2.15. The number of ether oxygens (including phenoxy) is 1. The molecule has 1 atom stereocenters.